The van der Waals surface area contributed by atoms with E-state index in [-0.39, 0.29) is 19.4 Å². The lowest BCUT2D eigenvalue weighted by Crippen LogP contribution is -2.52. The van der Waals surface area contributed by atoms with Crippen LogP contribution in [0.4, 0.5) is 13.2 Å². The van der Waals surface area contributed by atoms with Crippen molar-refractivity contribution in [2.75, 3.05) is 13.7 Å². The summed E-state index contributed by atoms with van der Waals surface area (Å²) in [5.41, 5.74) is -1.10. The Bertz CT molecular complexity index is 370. The third kappa shape index (κ3) is 2.20. The van der Waals surface area contributed by atoms with Gasteiger partial charge in [0.1, 0.15) is 5.41 Å². The first-order valence-electron chi connectivity index (χ1n) is 6.78. The second-order valence-electron chi connectivity index (χ2n) is 5.33. The van der Waals surface area contributed by atoms with Crippen LogP contribution in [-0.2, 0) is 19.0 Å². The van der Waals surface area contributed by atoms with Crippen molar-refractivity contribution in [1.29, 1.82) is 0 Å². The molecule has 2 rings (SSSR count). The summed E-state index contributed by atoms with van der Waals surface area (Å²) in [5, 5.41) is 0. The molecule has 1 aliphatic heterocycles. The van der Waals surface area contributed by atoms with Gasteiger partial charge in [0.05, 0.1) is 13.7 Å². The molecule has 4 nitrogen and oxygen atoms in total. The number of hydrogen-bond donors (Lipinski definition) is 0. The predicted octanol–water partition coefficient (Wildman–Crippen LogP) is 2.80. The van der Waals surface area contributed by atoms with E-state index in [0.717, 1.165) is 0 Å². The molecule has 0 radical (unpaired) electrons. The molecule has 1 heterocycles. The first-order chi connectivity index (χ1) is 9.31. The average molecular weight is 296 g/mol. The number of ether oxygens (including phenoxy) is 3. The molecule has 20 heavy (non-hydrogen) atoms. The summed E-state index contributed by atoms with van der Waals surface area (Å²) in [6, 6.07) is 0. The zero-order chi connectivity index (χ0) is 15.0. The highest BCUT2D eigenvalue weighted by Gasteiger charge is 2.67. The van der Waals surface area contributed by atoms with Gasteiger partial charge in [0.25, 0.3) is 0 Å². The fourth-order valence-electron chi connectivity index (χ4n) is 3.34. The highest BCUT2D eigenvalue weighted by molar-refractivity contribution is 5.79. The van der Waals surface area contributed by atoms with Gasteiger partial charge in [-0.15, -0.1) is 0 Å². The standard InChI is InChI=1S/C13H19F3O4/c1-3-9(13(14,15)16)20-12-6-4-5-11(12,7-8-19-12)10(17)18-2/h9H,3-8H2,1-2H3. The second kappa shape index (κ2) is 5.18. The van der Waals surface area contributed by atoms with E-state index >= 15 is 0 Å². The third-order valence-electron chi connectivity index (χ3n) is 4.35. The van der Waals surface area contributed by atoms with Gasteiger partial charge in [0.2, 0.25) is 0 Å². The topological polar surface area (TPSA) is 44.8 Å². The minimum atomic E-state index is -4.47. The minimum absolute atomic E-state index is 0.212. The van der Waals surface area contributed by atoms with Crippen molar-refractivity contribution in [1.82, 2.24) is 0 Å². The molecule has 2 fully saturated rings. The Morgan fingerprint density at radius 2 is 2.05 bits per heavy atom. The maximum atomic E-state index is 12.9. The van der Waals surface area contributed by atoms with Crippen molar-refractivity contribution in [2.45, 2.75) is 57.1 Å². The van der Waals surface area contributed by atoms with E-state index in [1.54, 1.807) is 0 Å². The van der Waals surface area contributed by atoms with Gasteiger partial charge < -0.3 is 14.2 Å². The molecule has 0 aromatic carbocycles. The number of fused-ring (bicyclic) bond motifs is 1. The lowest BCUT2D eigenvalue weighted by molar-refractivity contribution is -0.324. The van der Waals surface area contributed by atoms with Crippen molar-refractivity contribution in [3.05, 3.63) is 0 Å². The summed E-state index contributed by atoms with van der Waals surface area (Å²) in [7, 11) is 1.24. The van der Waals surface area contributed by atoms with Crippen LogP contribution < -0.4 is 0 Å². The summed E-state index contributed by atoms with van der Waals surface area (Å²) in [5.74, 6) is -2.03. The normalized spacial score (nSPS) is 34.9. The summed E-state index contributed by atoms with van der Waals surface area (Å²) in [4.78, 5) is 12.1. The number of hydrogen-bond acceptors (Lipinski definition) is 4. The molecular weight excluding hydrogens is 277 g/mol. The van der Waals surface area contributed by atoms with Crippen LogP contribution in [0.5, 0.6) is 0 Å². The Labute approximate surface area is 115 Å². The van der Waals surface area contributed by atoms with Gasteiger partial charge in [-0.1, -0.05) is 6.92 Å². The highest BCUT2D eigenvalue weighted by Crippen LogP contribution is 2.57. The van der Waals surface area contributed by atoms with E-state index in [1.165, 1.54) is 14.0 Å². The number of carbonyl (C=O) groups is 1. The molecule has 3 atom stereocenters. The van der Waals surface area contributed by atoms with E-state index in [1.807, 2.05) is 0 Å². The maximum Gasteiger partial charge on any atom is 0.414 e. The molecule has 116 valence electrons. The van der Waals surface area contributed by atoms with Crippen molar-refractivity contribution in [2.24, 2.45) is 5.41 Å². The number of methoxy groups -OCH3 is 1. The van der Waals surface area contributed by atoms with Gasteiger partial charge in [0.15, 0.2) is 11.9 Å². The number of esters is 1. The van der Waals surface area contributed by atoms with Crippen LogP contribution in [0.15, 0.2) is 0 Å². The van der Waals surface area contributed by atoms with Gasteiger partial charge in [-0.05, 0) is 25.7 Å². The Kier molecular flexibility index (Phi) is 4.03. The van der Waals surface area contributed by atoms with E-state index in [0.29, 0.717) is 19.3 Å². The fourth-order valence-corrected chi connectivity index (χ4v) is 3.34. The van der Waals surface area contributed by atoms with Crippen molar-refractivity contribution >= 4 is 5.97 Å². The first kappa shape index (κ1) is 15.6. The molecule has 0 bridgehead atoms. The van der Waals surface area contributed by atoms with E-state index in [2.05, 4.69) is 0 Å². The summed E-state index contributed by atoms with van der Waals surface area (Å²) in [6.45, 7) is 1.61. The Morgan fingerprint density at radius 3 is 2.60 bits per heavy atom. The van der Waals surface area contributed by atoms with Crippen molar-refractivity contribution in [3.8, 4) is 0 Å². The zero-order valence-electron chi connectivity index (χ0n) is 11.6. The SMILES string of the molecule is CCC(OC12CCCC1(C(=O)OC)CCO2)C(F)(F)F. The molecule has 1 saturated carbocycles. The predicted molar refractivity (Wildman–Crippen MR) is 62.8 cm³/mol. The lowest BCUT2D eigenvalue weighted by atomic mass is 9.80. The second-order valence-corrected chi connectivity index (χ2v) is 5.33. The van der Waals surface area contributed by atoms with Gasteiger partial charge >= 0.3 is 12.1 Å². The highest BCUT2D eigenvalue weighted by atomic mass is 19.4. The lowest BCUT2D eigenvalue weighted by Gasteiger charge is -2.39. The molecule has 0 amide bonds. The fraction of sp³-hybridized carbons (Fsp3) is 0.923. The Morgan fingerprint density at radius 1 is 1.35 bits per heavy atom. The smallest absolute Gasteiger partial charge is 0.414 e. The van der Waals surface area contributed by atoms with Gasteiger partial charge in [-0.25, -0.2) is 0 Å². The molecule has 0 aromatic heterocycles. The third-order valence-corrected chi connectivity index (χ3v) is 4.35. The van der Waals surface area contributed by atoms with Gasteiger partial charge in [0, 0.05) is 6.42 Å². The van der Waals surface area contributed by atoms with Crippen LogP contribution >= 0.6 is 0 Å². The molecule has 2 aliphatic rings. The zero-order valence-corrected chi connectivity index (χ0v) is 11.6. The number of alkyl halides is 3. The Balaban J connectivity index is 2.29. The molecule has 1 saturated heterocycles. The maximum absolute atomic E-state index is 12.9. The Hall–Kier alpha value is -0.820. The minimum Gasteiger partial charge on any atom is -0.468 e. The van der Waals surface area contributed by atoms with Gasteiger partial charge in [-0.2, -0.15) is 13.2 Å². The van der Waals surface area contributed by atoms with Crippen LogP contribution in [0.3, 0.4) is 0 Å². The van der Waals surface area contributed by atoms with Gasteiger partial charge in [-0.3, -0.25) is 4.79 Å². The largest absolute Gasteiger partial charge is 0.468 e. The summed E-state index contributed by atoms with van der Waals surface area (Å²) < 4.78 is 54.4. The number of rotatable bonds is 4. The molecule has 3 unspecified atom stereocenters. The van der Waals surface area contributed by atoms with E-state index < -0.39 is 29.5 Å². The number of halogens is 3. The molecule has 0 spiro atoms. The van der Waals surface area contributed by atoms with Crippen LogP contribution in [0.2, 0.25) is 0 Å². The van der Waals surface area contributed by atoms with Crippen molar-refractivity contribution in [3.63, 3.8) is 0 Å². The molecular formula is C13H19F3O4. The van der Waals surface area contributed by atoms with Crippen LogP contribution in [0, 0.1) is 5.41 Å². The van der Waals surface area contributed by atoms with Crippen molar-refractivity contribution < 1.29 is 32.2 Å². The number of carbonyl (C=O) groups excluding carboxylic acids is 1. The summed E-state index contributed by atoms with van der Waals surface area (Å²) >= 11 is 0. The van der Waals surface area contributed by atoms with Crippen LogP contribution in [-0.4, -0.2) is 37.8 Å². The van der Waals surface area contributed by atoms with E-state index in [9.17, 15) is 18.0 Å². The van der Waals surface area contributed by atoms with Crippen LogP contribution in [0.25, 0.3) is 0 Å². The monoisotopic (exact) mass is 296 g/mol. The first-order valence-corrected chi connectivity index (χ1v) is 6.78. The molecule has 7 heteroatoms. The molecule has 1 aliphatic carbocycles. The average Bonchev–Trinajstić information content (AvgIpc) is 2.89. The quantitative estimate of drug-likeness (QED) is 0.748. The summed E-state index contributed by atoms with van der Waals surface area (Å²) in [6.07, 6.45) is -4.96. The molecule has 0 N–H and O–H groups in total. The molecule has 0 aromatic rings. The van der Waals surface area contributed by atoms with E-state index in [4.69, 9.17) is 14.2 Å². The van der Waals surface area contributed by atoms with Crippen LogP contribution in [0.1, 0.15) is 39.0 Å².